The average Bonchev–Trinajstić information content (AvgIpc) is 2.75. The third-order valence-electron chi connectivity index (χ3n) is 4.78. The summed E-state index contributed by atoms with van der Waals surface area (Å²) >= 11 is 0. The van der Waals surface area contributed by atoms with Crippen molar-refractivity contribution in [2.75, 3.05) is 0 Å². The Morgan fingerprint density at radius 3 is 2.10 bits per heavy atom. The Labute approximate surface area is 173 Å². The van der Waals surface area contributed by atoms with Crippen LogP contribution in [0.15, 0.2) is 79.7 Å². The molecule has 0 aliphatic rings. The van der Waals surface area contributed by atoms with Crippen molar-refractivity contribution < 1.29 is 5.11 Å². The molecular formula is C26H28N2O. The molecule has 148 valence electrons. The quantitative estimate of drug-likeness (QED) is 0.358. The second kappa shape index (κ2) is 10.5. The molecule has 0 radical (unpaired) electrons. The summed E-state index contributed by atoms with van der Waals surface area (Å²) in [4.78, 5) is 8.90. The van der Waals surface area contributed by atoms with Gasteiger partial charge in [-0.15, -0.1) is 6.58 Å². The zero-order valence-electron chi connectivity index (χ0n) is 17.0. The number of aromatic nitrogens is 2. The first kappa shape index (κ1) is 20.7. The number of allylic oxidation sites excluding steroid dienone is 2. The molecule has 3 heteroatoms. The Bertz CT molecular complexity index is 924. The first-order chi connectivity index (χ1) is 14.2. The highest BCUT2D eigenvalue weighted by molar-refractivity contribution is 5.69. The molecule has 1 N–H and O–H groups in total. The highest BCUT2D eigenvalue weighted by atomic mass is 16.3. The maximum Gasteiger partial charge on any atom is 0.159 e. The van der Waals surface area contributed by atoms with Crippen LogP contribution in [0.3, 0.4) is 0 Å². The first-order valence-electron chi connectivity index (χ1n) is 10.1. The van der Waals surface area contributed by atoms with Crippen molar-refractivity contribution in [2.45, 2.75) is 38.7 Å². The lowest BCUT2D eigenvalue weighted by Gasteiger charge is -2.05. The third-order valence-corrected chi connectivity index (χ3v) is 4.78. The molecule has 1 heterocycles. The number of aliphatic hydroxyl groups is 1. The number of hydrogen-bond acceptors (Lipinski definition) is 3. The van der Waals surface area contributed by atoms with Crippen LogP contribution >= 0.6 is 0 Å². The van der Waals surface area contributed by atoms with Crippen LogP contribution in [0.2, 0.25) is 0 Å². The maximum atomic E-state index is 9.29. The Morgan fingerprint density at radius 2 is 1.52 bits per heavy atom. The molecule has 2 aromatic carbocycles. The Balaban J connectivity index is 1.62. The minimum atomic E-state index is -0.211. The molecule has 1 unspecified atom stereocenters. The van der Waals surface area contributed by atoms with Gasteiger partial charge < -0.3 is 5.11 Å². The van der Waals surface area contributed by atoms with Crippen molar-refractivity contribution in [1.29, 1.82) is 0 Å². The van der Waals surface area contributed by atoms with E-state index in [0.29, 0.717) is 0 Å². The first-order valence-corrected chi connectivity index (χ1v) is 10.1. The highest BCUT2D eigenvalue weighted by Gasteiger charge is 2.03. The summed E-state index contributed by atoms with van der Waals surface area (Å²) in [6.45, 7) is 5.58. The fourth-order valence-corrected chi connectivity index (χ4v) is 3.12. The molecule has 0 aliphatic carbocycles. The van der Waals surface area contributed by atoms with E-state index in [1.54, 1.807) is 0 Å². The molecule has 3 rings (SSSR count). The van der Waals surface area contributed by atoms with Gasteiger partial charge in [0.15, 0.2) is 5.82 Å². The van der Waals surface area contributed by atoms with E-state index < -0.39 is 0 Å². The van der Waals surface area contributed by atoms with Crippen molar-refractivity contribution in [3.63, 3.8) is 0 Å². The lowest BCUT2D eigenvalue weighted by Crippen LogP contribution is -1.97. The topological polar surface area (TPSA) is 46.0 Å². The number of rotatable bonds is 9. The van der Waals surface area contributed by atoms with Gasteiger partial charge in [0.2, 0.25) is 0 Å². The van der Waals surface area contributed by atoms with Crippen LogP contribution in [-0.2, 0) is 6.42 Å². The second-order valence-corrected chi connectivity index (χ2v) is 7.29. The minimum Gasteiger partial charge on any atom is -0.393 e. The summed E-state index contributed by atoms with van der Waals surface area (Å²) in [5, 5.41) is 9.29. The van der Waals surface area contributed by atoms with E-state index in [2.05, 4.69) is 77.2 Å². The van der Waals surface area contributed by atoms with Crippen LogP contribution in [-0.4, -0.2) is 21.2 Å². The van der Waals surface area contributed by atoms with Gasteiger partial charge in [0.25, 0.3) is 0 Å². The minimum absolute atomic E-state index is 0.211. The van der Waals surface area contributed by atoms with Gasteiger partial charge in [0, 0.05) is 18.0 Å². The molecule has 0 saturated carbocycles. The van der Waals surface area contributed by atoms with E-state index in [4.69, 9.17) is 0 Å². The third kappa shape index (κ3) is 6.23. The van der Waals surface area contributed by atoms with Crippen LogP contribution in [0.5, 0.6) is 0 Å². The van der Waals surface area contributed by atoms with Gasteiger partial charge in [-0.1, -0.05) is 66.8 Å². The normalized spacial score (nSPS) is 12.2. The van der Waals surface area contributed by atoms with Crippen molar-refractivity contribution in [1.82, 2.24) is 9.97 Å². The van der Waals surface area contributed by atoms with Gasteiger partial charge in [-0.25, -0.2) is 9.97 Å². The van der Waals surface area contributed by atoms with Crippen molar-refractivity contribution >= 4 is 6.08 Å². The van der Waals surface area contributed by atoms with Crippen LogP contribution in [0.25, 0.3) is 28.6 Å². The lowest BCUT2D eigenvalue weighted by molar-refractivity contribution is 0.182. The summed E-state index contributed by atoms with van der Waals surface area (Å²) in [5.74, 6) is 0.737. The van der Waals surface area contributed by atoms with E-state index >= 15 is 0 Å². The van der Waals surface area contributed by atoms with E-state index in [1.807, 2.05) is 25.4 Å². The summed E-state index contributed by atoms with van der Waals surface area (Å²) in [7, 11) is 0. The van der Waals surface area contributed by atoms with Crippen molar-refractivity contribution in [3.05, 3.63) is 90.8 Å². The summed E-state index contributed by atoms with van der Waals surface area (Å²) in [5.41, 5.74) is 5.62. The molecule has 1 aromatic heterocycles. The van der Waals surface area contributed by atoms with Gasteiger partial charge >= 0.3 is 0 Å². The van der Waals surface area contributed by atoms with Crippen LogP contribution in [0, 0.1) is 0 Å². The van der Waals surface area contributed by atoms with Crippen LogP contribution in [0.1, 0.15) is 37.3 Å². The van der Waals surface area contributed by atoms with Gasteiger partial charge in [-0.05, 0) is 54.9 Å². The number of hydrogen-bond donors (Lipinski definition) is 1. The van der Waals surface area contributed by atoms with Crippen LogP contribution < -0.4 is 0 Å². The Kier molecular flexibility index (Phi) is 7.48. The smallest absolute Gasteiger partial charge is 0.159 e. The average molecular weight is 385 g/mol. The number of aliphatic hydroxyl groups excluding tert-OH is 1. The van der Waals surface area contributed by atoms with Gasteiger partial charge in [-0.3, -0.25) is 0 Å². The molecule has 3 nitrogen and oxygen atoms in total. The molecule has 0 aliphatic heterocycles. The van der Waals surface area contributed by atoms with E-state index in [0.717, 1.165) is 42.6 Å². The van der Waals surface area contributed by atoms with E-state index in [-0.39, 0.29) is 6.10 Å². The monoisotopic (exact) mass is 384 g/mol. The van der Waals surface area contributed by atoms with E-state index in [1.165, 1.54) is 16.7 Å². The Morgan fingerprint density at radius 1 is 0.931 bits per heavy atom. The predicted octanol–water partition coefficient (Wildman–Crippen LogP) is 6.10. The number of benzene rings is 2. The zero-order valence-corrected chi connectivity index (χ0v) is 17.0. The molecule has 3 aromatic rings. The predicted molar refractivity (Wildman–Crippen MR) is 121 cm³/mol. The summed E-state index contributed by atoms with van der Waals surface area (Å²) in [6, 6.07) is 16.9. The fourth-order valence-electron chi connectivity index (χ4n) is 3.12. The maximum absolute atomic E-state index is 9.29. The molecule has 0 bridgehead atoms. The second-order valence-electron chi connectivity index (χ2n) is 7.29. The molecule has 0 fully saturated rings. The van der Waals surface area contributed by atoms with Crippen molar-refractivity contribution in [3.8, 4) is 22.5 Å². The zero-order chi connectivity index (χ0) is 20.5. The van der Waals surface area contributed by atoms with E-state index in [9.17, 15) is 5.11 Å². The SMILES string of the molecule is C=CCc1cnc(-c2ccc(-c3ccc(C=CCCCC(C)O)cc3)cc2)nc1. The molecule has 29 heavy (non-hydrogen) atoms. The molecule has 0 amide bonds. The molecule has 0 saturated heterocycles. The number of nitrogens with zero attached hydrogens (tertiary/aromatic N) is 2. The van der Waals surface area contributed by atoms with Gasteiger partial charge in [-0.2, -0.15) is 0 Å². The lowest BCUT2D eigenvalue weighted by atomic mass is 10.0. The fraction of sp³-hybridized carbons (Fsp3) is 0.231. The highest BCUT2D eigenvalue weighted by Crippen LogP contribution is 2.24. The van der Waals surface area contributed by atoms with Gasteiger partial charge in [0.05, 0.1) is 6.10 Å². The summed E-state index contributed by atoms with van der Waals surface area (Å²) < 4.78 is 0. The largest absolute Gasteiger partial charge is 0.393 e. The molecular weight excluding hydrogens is 356 g/mol. The molecule has 0 spiro atoms. The molecule has 1 atom stereocenters. The van der Waals surface area contributed by atoms with Crippen molar-refractivity contribution in [2.24, 2.45) is 0 Å². The Hall–Kier alpha value is -3.04. The summed E-state index contributed by atoms with van der Waals surface area (Å²) in [6.07, 6.45) is 13.3. The number of unbranched alkanes of at least 4 members (excludes halogenated alkanes) is 1. The standard InChI is InChI=1S/C26H28N2O/c1-3-7-22-18-27-26(28-19-22)25-16-14-24(15-17-25)23-12-10-21(11-13-23)9-6-4-5-8-20(2)29/h3,6,9-20,29H,1,4-5,7-8H2,2H3. The van der Waals surface area contributed by atoms with Crippen LogP contribution in [0.4, 0.5) is 0 Å². The van der Waals surface area contributed by atoms with Gasteiger partial charge in [0.1, 0.15) is 0 Å².